The molecule has 0 aliphatic carbocycles. The molecule has 0 aliphatic heterocycles. The molecule has 0 atom stereocenters. The van der Waals surface area contributed by atoms with E-state index in [1.807, 2.05) is 60.7 Å². The number of nitrogens with one attached hydrogen (secondary N) is 2. The van der Waals surface area contributed by atoms with Crippen LogP contribution in [0, 0.1) is 0 Å². The molecular weight excluding hydrogens is 332 g/mol. The van der Waals surface area contributed by atoms with Gasteiger partial charge in [0.2, 0.25) is 9.84 Å². The third kappa shape index (κ3) is 4.49. The minimum atomic E-state index is -3.58. The molecule has 2 N–H and O–H groups in total. The van der Waals surface area contributed by atoms with Gasteiger partial charge in [-0.2, -0.15) is 0 Å². The molecule has 0 spiro atoms. The van der Waals surface area contributed by atoms with Crippen LogP contribution in [0.3, 0.4) is 0 Å². The van der Waals surface area contributed by atoms with Crippen molar-refractivity contribution >= 4 is 21.2 Å². The summed E-state index contributed by atoms with van der Waals surface area (Å²) in [5.74, 6) is 0. The van der Waals surface area contributed by atoms with Crippen molar-refractivity contribution in [3.63, 3.8) is 0 Å². The van der Waals surface area contributed by atoms with E-state index in [1.165, 1.54) is 5.41 Å². The summed E-state index contributed by atoms with van der Waals surface area (Å²) in [6.45, 7) is 0. The van der Waals surface area contributed by atoms with Gasteiger partial charge in [0.15, 0.2) is 0 Å². The average Bonchev–Trinajstić information content (AvgIpc) is 2.67. The molecule has 5 heteroatoms. The van der Waals surface area contributed by atoms with Gasteiger partial charge in [-0.25, -0.2) is 8.42 Å². The van der Waals surface area contributed by atoms with Gasteiger partial charge < -0.3 is 5.43 Å². The molecule has 3 rings (SSSR count). The maximum atomic E-state index is 12.7. The summed E-state index contributed by atoms with van der Waals surface area (Å²) in [6, 6.07) is 27.2. The minimum absolute atomic E-state index is 0.255. The number of para-hydroxylation sites is 1. The number of hydrogen-bond donors (Lipinski definition) is 2. The van der Waals surface area contributed by atoms with E-state index in [4.69, 9.17) is 0 Å². The Morgan fingerprint density at radius 1 is 0.720 bits per heavy atom. The molecule has 3 aromatic rings. The molecular formula is C20H18N2O2S. The van der Waals surface area contributed by atoms with Crippen molar-refractivity contribution in [2.24, 2.45) is 0 Å². The van der Waals surface area contributed by atoms with Gasteiger partial charge in [0.1, 0.15) is 0 Å². The van der Waals surface area contributed by atoms with Gasteiger partial charge in [-0.3, -0.25) is 5.43 Å². The fraction of sp³-hybridized carbons (Fsp3) is 0. The van der Waals surface area contributed by atoms with E-state index in [9.17, 15) is 8.42 Å². The molecule has 4 nitrogen and oxygen atoms in total. The third-order valence-corrected chi connectivity index (χ3v) is 5.02. The summed E-state index contributed by atoms with van der Waals surface area (Å²) in [5.41, 5.74) is 8.11. The van der Waals surface area contributed by atoms with Gasteiger partial charge >= 0.3 is 0 Å². The first-order valence-corrected chi connectivity index (χ1v) is 9.34. The lowest BCUT2D eigenvalue weighted by Gasteiger charge is -2.14. The quantitative estimate of drug-likeness (QED) is 0.658. The average molecular weight is 350 g/mol. The lowest BCUT2D eigenvalue weighted by atomic mass is 10.2. The van der Waals surface area contributed by atoms with Gasteiger partial charge in [0.05, 0.1) is 21.7 Å². The highest BCUT2D eigenvalue weighted by Crippen LogP contribution is 2.18. The van der Waals surface area contributed by atoms with E-state index in [0.29, 0.717) is 5.70 Å². The number of hydrazine groups is 1. The van der Waals surface area contributed by atoms with Gasteiger partial charge in [-0.1, -0.05) is 66.7 Å². The standard InChI is InChI=1S/C20H18N2O2S/c23-25(24,19-14-8-3-9-15-19)16-20(17-10-4-1-5-11-17)22-21-18-12-6-2-7-13-18/h1-16,21-22H. The van der Waals surface area contributed by atoms with Gasteiger partial charge in [0.25, 0.3) is 0 Å². The van der Waals surface area contributed by atoms with Gasteiger partial charge in [-0.05, 0) is 24.3 Å². The summed E-state index contributed by atoms with van der Waals surface area (Å²) in [6.07, 6.45) is 0. The zero-order valence-corrected chi connectivity index (χ0v) is 14.3. The molecule has 0 unspecified atom stereocenters. The van der Waals surface area contributed by atoms with Crippen LogP contribution in [0.5, 0.6) is 0 Å². The fourth-order valence-electron chi connectivity index (χ4n) is 2.28. The number of sulfone groups is 1. The van der Waals surface area contributed by atoms with Crippen LogP contribution in [0.2, 0.25) is 0 Å². The van der Waals surface area contributed by atoms with E-state index < -0.39 is 9.84 Å². The van der Waals surface area contributed by atoms with Crippen molar-refractivity contribution in [1.29, 1.82) is 0 Å². The SMILES string of the molecule is O=S(=O)(C=C(NNc1ccccc1)c1ccccc1)c1ccccc1. The molecule has 0 aromatic heterocycles. The number of anilines is 1. The molecule has 0 radical (unpaired) electrons. The topological polar surface area (TPSA) is 58.2 Å². The Hall–Kier alpha value is -3.05. The van der Waals surface area contributed by atoms with Crippen LogP contribution >= 0.6 is 0 Å². The zero-order valence-electron chi connectivity index (χ0n) is 13.5. The molecule has 0 amide bonds. The molecule has 126 valence electrons. The van der Waals surface area contributed by atoms with E-state index >= 15 is 0 Å². The van der Waals surface area contributed by atoms with E-state index in [2.05, 4.69) is 10.9 Å². The minimum Gasteiger partial charge on any atom is -0.301 e. The molecule has 0 saturated carbocycles. The van der Waals surface area contributed by atoms with E-state index in [1.54, 1.807) is 30.3 Å². The van der Waals surface area contributed by atoms with Crippen LogP contribution in [0.1, 0.15) is 5.56 Å². The summed E-state index contributed by atoms with van der Waals surface area (Å²) in [4.78, 5) is 0.255. The van der Waals surface area contributed by atoms with Crippen LogP contribution in [0.25, 0.3) is 5.70 Å². The van der Waals surface area contributed by atoms with Gasteiger partial charge in [-0.15, -0.1) is 0 Å². The number of benzene rings is 3. The molecule has 0 saturated heterocycles. The second-order valence-corrected chi connectivity index (χ2v) is 7.17. The fourth-order valence-corrected chi connectivity index (χ4v) is 3.46. The molecule has 0 fully saturated rings. The van der Waals surface area contributed by atoms with Crippen LogP contribution < -0.4 is 10.9 Å². The smallest absolute Gasteiger partial charge is 0.201 e. The Morgan fingerprint density at radius 3 is 1.84 bits per heavy atom. The van der Waals surface area contributed by atoms with Crippen molar-refractivity contribution in [3.05, 3.63) is 102 Å². The first-order valence-electron chi connectivity index (χ1n) is 7.79. The second-order valence-electron chi connectivity index (χ2n) is 5.37. The van der Waals surface area contributed by atoms with Crippen molar-refractivity contribution in [2.45, 2.75) is 4.90 Å². The maximum absolute atomic E-state index is 12.7. The zero-order chi connectivity index (χ0) is 17.5. The Labute approximate surface area is 147 Å². The lowest BCUT2D eigenvalue weighted by Crippen LogP contribution is -2.21. The highest BCUT2D eigenvalue weighted by Gasteiger charge is 2.13. The first kappa shape index (κ1) is 16.8. The third-order valence-electron chi connectivity index (χ3n) is 3.54. The van der Waals surface area contributed by atoms with Crippen LogP contribution in [-0.2, 0) is 9.84 Å². The molecule has 0 aliphatic rings. The highest BCUT2D eigenvalue weighted by atomic mass is 32.2. The Kier molecular flexibility index (Phi) is 5.16. The summed E-state index contributed by atoms with van der Waals surface area (Å²) >= 11 is 0. The van der Waals surface area contributed by atoms with Crippen LogP contribution in [0.15, 0.2) is 101 Å². The van der Waals surface area contributed by atoms with Crippen molar-refractivity contribution in [1.82, 2.24) is 5.43 Å². The summed E-state index contributed by atoms with van der Waals surface area (Å²) in [5, 5.41) is 1.24. The monoisotopic (exact) mass is 350 g/mol. The van der Waals surface area contributed by atoms with E-state index in [-0.39, 0.29) is 4.90 Å². The molecule has 0 heterocycles. The highest BCUT2D eigenvalue weighted by molar-refractivity contribution is 7.94. The largest absolute Gasteiger partial charge is 0.301 e. The molecule has 0 bridgehead atoms. The summed E-state index contributed by atoms with van der Waals surface area (Å²) in [7, 11) is -3.58. The molecule has 25 heavy (non-hydrogen) atoms. The number of rotatable bonds is 6. The Balaban J connectivity index is 1.94. The van der Waals surface area contributed by atoms with Crippen molar-refractivity contribution in [2.75, 3.05) is 5.43 Å². The maximum Gasteiger partial charge on any atom is 0.201 e. The normalized spacial score (nSPS) is 11.8. The predicted octanol–water partition coefficient (Wildman–Crippen LogP) is 4.08. The molecule has 3 aromatic carbocycles. The van der Waals surface area contributed by atoms with Crippen LogP contribution in [-0.4, -0.2) is 8.42 Å². The predicted molar refractivity (Wildman–Crippen MR) is 101 cm³/mol. The summed E-state index contributed by atoms with van der Waals surface area (Å²) < 4.78 is 25.4. The number of hydrogen-bond acceptors (Lipinski definition) is 4. The van der Waals surface area contributed by atoms with Crippen molar-refractivity contribution < 1.29 is 8.42 Å². The van der Waals surface area contributed by atoms with E-state index in [0.717, 1.165) is 11.3 Å². The Morgan fingerprint density at radius 2 is 1.24 bits per heavy atom. The lowest BCUT2D eigenvalue weighted by molar-refractivity contribution is 0.604. The van der Waals surface area contributed by atoms with Crippen LogP contribution in [0.4, 0.5) is 5.69 Å². The first-order chi connectivity index (χ1) is 12.1. The Bertz CT molecular complexity index is 939. The van der Waals surface area contributed by atoms with Crippen molar-refractivity contribution in [3.8, 4) is 0 Å². The second kappa shape index (κ2) is 7.68. The van der Waals surface area contributed by atoms with Gasteiger partial charge in [0, 0.05) is 5.56 Å².